The molecule has 0 fully saturated rings. The van der Waals surface area contributed by atoms with Crippen LogP contribution in [-0.2, 0) is 25.0 Å². The molecule has 28 heavy (non-hydrogen) atoms. The number of benzene rings is 1. The van der Waals surface area contributed by atoms with Gasteiger partial charge in [0.1, 0.15) is 0 Å². The van der Waals surface area contributed by atoms with Crippen LogP contribution in [0, 0.1) is 0 Å². The maximum Gasteiger partial charge on any atom is 0.361 e. The second kappa shape index (κ2) is 10.4. The van der Waals surface area contributed by atoms with Gasteiger partial charge < -0.3 is 18.6 Å². The van der Waals surface area contributed by atoms with Gasteiger partial charge in [0.25, 0.3) is 5.56 Å². The minimum Gasteiger partial charge on any atom is -0.404 e. The summed E-state index contributed by atoms with van der Waals surface area (Å²) >= 11 is 0. The van der Waals surface area contributed by atoms with Crippen LogP contribution in [0.5, 0.6) is 0 Å². The van der Waals surface area contributed by atoms with Gasteiger partial charge in [0.15, 0.2) is 6.10 Å². The van der Waals surface area contributed by atoms with Crippen molar-refractivity contribution in [2.24, 2.45) is 0 Å². The molecular formula is C18H25N2O7P. The molecule has 1 heterocycles. The molecule has 0 saturated heterocycles. The lowest BCUT2D eigenvalue weighted by molar-refractivity contribution is -0.0801. The van der Waals surface area contributed by atoms with Crippen molar-refractivity contribution in [3.05, 3.63) is 69.0 Å². The smallest absolute Gasteiger partial charge is 0.361 e. The van der Waals surface area contributed by atoms with Crippen LogP contribution in [0.15, 0.2) is 52.2 Å². The first-order chi connectivity index (χ1) is 13.4. The van der Waals surface area contributed by atoms with Gasteiger partial charge in [-0.1, -0.05) is 30.3 Å². The fourth-order valence-corrected chi connectivity index (χ4v) is 3.54. The van der Waals surface area contributed by atoms with Gasteiger partial charge in [-0.15, -0.1) is 4.73 Å². The lowest BCUT2D eigenvalue weighted by atomic mass is 10.2. The molecule has 0 aliphatic heterocycles. The summed E-state index contributed by atoms with van der Waals surface area (Å²) in [4.78, 5) is 31.0. The van der Waals surface area contributed by atoms with E-state index in [0.29, 0.717) is 6.61 Å². The first-order valence-corrected chi connectivity index (χ1v) is 10.4. The van der Waals surface area contributed by atoms with Crippen molar-refractivity contribution >= 4 is 7.60 Å². The lowest BCUT2D eigenvalue weighted by Crippen LogP contribution is -2.42. The quantitative estimate of drug-likeness (QED) is 0.561. The Balaban J connectivity index is 2.12. The second-order valence-corrected chi connectivity index (χ2v) is 8.47. The summed E-state index contributed by atoms with van der Waals surface area (Å²) in [5, 5.41) is 0. The summed E-state index contributed by atoms with van der Waals surface area (Å²) in [6.07, 6.45) is 0.430. The fourth-order valence-electron chi connectivity index (χ4n) is 2.46. The zero-order chi connectivity index (χ0) is 20.6. The largest absolute Gasteiger partial charge is 0.404 e. The molecule has 0 aliphatic rings. The predicted octanol–water partition coefficient (Wildman–Crippen LogP) is 1.82. The van der Waals surface area contributed by atoms with E-state index < -0.39 is 31.1 Å². The van der Waals surface area contributed by atoms with Crippen LogP contribution in [0.2, 0.25) is 0 Å². The molecule has 0 aliphatic carbocycles. The third-order valence-corrected chi connectivity index (χ3v) is 6.08. The maximum atomic E-state index is 12.4. The molecule has 0 amide bonds. The number of nitrogens with zero attached hydrogens (tertiary/aromatic N) is 1. The Kier molecular flexibility index (Phi) is 8.19. The Hall–Kier alpha value is -2.19. The Morgan fingerprint density at radius 2 is 1.79 bits per heavy atom. The molecule has 1 N–H and O–H groups in total. The fraction of sp³-hybridized carbons (Fsp3) is 0.444. The minimum atomic E-state index is -3.26. The van der Waals surface area contributed by atoms with Crippen molar-refractivity contribution in [3.8, 4) is 0 Å². The molecule has 0 unspecified atom stereocenters. The highest BCUT2D eigenvalue weighted by molar-refractivity contribution is 7.53. The Morgan fingerprint density at radius 1 is 1.11 bits per heavy atom. The third kappa shape index (κ3) is 6.45. The average Bonchev–Trinajstić information content (AvgIpc) is 2.71. The summed E-state index contributed by atoms with van der Waals surface area (Å²) < 4.78 is 29.1. The van der Waals surface area contributed by atoms with Gasteiger partial charge in [-0.05, 0) is 12.5 Å². The first kappa shape index (κ1) is 22.1. The van der Waals surface area contributed by atoms with Crippen molar-refractivity contribution in [1.29, 1.82) is 0 Å². The average molecular weight is 412 g/mol. The molecule has 0 saturated carbocycles. The number of aromatic amines is 1. The summed E-state index contributed by atoms with van der Waals surface area (Å²) in [5.74, 6) is 0. The van der Waals surface area contributed by atoms with Gasteiger partial charge in [0, 0.05) is 26.7 Å². The molecule has 0 radical (unpaired) electrons. The van der Waals surface area contributed by atoms with Crippen LogP contribution in [0.1, 0.15) is 18.9 Å². The van der Waals surface area contributed by atoms with E-state index in [9.17, 15) is 14.2 Å². The van der Waals surface area contributed by atoms with E-state index in [1.807, 2.05) is 30.3 Å². The second-order valence-electron chi connectivity index (χ2n) is 6.07. The SMILES string of the molecule is COP(=O)(CC[C@@H](On1ccc(=O)[nH]c1=O)[C@H](C)OCc1ccccc1)OC. The van der Waals surface area contributed by atoms with E-state index in [2.05, 4.69) is 4.98 Å². The maximum absolute atomic E-state index is 12.4. The third-order valence-electron chi connectivity index (χ3n) is 4.16. The van der Waals surface area contributed by atoms with Gasteiger partial charge in [0.05, 0.1) is 25.1 Å². The topological polar surface area (TPSA) is 109 Å². The van der Waals surface area contributed by atoms with E-state index in [1.165, 1.54) is 26.5 Å². The molecule has 1 aromatic carbocycles. The van der Waals surface area contributed by atoms with Crippen molar-refractivity contribution in [2.45, 2.75) is 32.2 Å². The van der Waals surface area contributed by atoms with E-state index in [0.717, 1.165) is 10.3 Å². The predicted molar refractivity (Wildman–Crippen MR) is 103 cm³/mol. The summed E-state index contributed by atoms with van der Waals surface area (Å²) in [7, 11) is -0.642. The normalized spacial score (nSPS) is 13.8. The number of H-pyrrole nitrogens is 1. The summed E-state index contributed by atoms with van der Waals surface area (Å²) in [6, 6.07) is 10.8. The molecular weight excluding hydrogens is 387 g/mol. The molecule has 1 aromatic heterocycles. The van der Waals surface area contributed by atoms with Crippen molar-refractivity contribution in [1.82, 2.24) is 9.71 Å². The number of hydrogen-bond acceptors (Lipinski definition) is 7. The van der Waals surface area contributed by atoms with Crippen LogP contribution in [-0.4, -0.2) is 42.3 Å². The van der Waals surface area contributed by atoms with Crippen LogP contribution in [0.25, 0.3) is 0 Å². The van der Waals surface area contributed by atoms with Gasteiger partial charge >= 0.3 is 13.3 Å². The van der Waals surface area contributed by atoms with Gasteiger partial charge in [-0.2, -0.15) is 0 Å². The number of ether oxygens (including phenoxy) is 1. The number of hydrogen-bond donors (Lipinski definition) is 1. The van der Waals surface area contributed by atoms with Gasteiger partial charge in [-0.25, -0.2) is 4.79 Å². The minimum absolute atomic E-state index is 0.0712. The van der Waals surface area contributed by atoms with E-state index >= 15 is 0 Å². The van der Waals surface area contributed by atoms with Crippen molar-refractivity contribution in [3.63, 3.8) is 0 Å². The molecule has 2 rings (SSSR count). The Bertz CT molecular complexity index is 889. The number of rotatable bonds is 11. The zero-order valence-corrected chi connectivity index (χ0v) is 17.0. The summed E-state index contributed by atoms with van der Waals surface area (Å²) in [6.45, 7) is 2.13. The van der Waals surface area contributed by atoms with Crippen LogP contribution >= 0.6 is 7.60 Å². The van der Waals surface area contributed by atoms with Crippen molar-refractivity contribution in [2.75, 3.05) is 20.4 Å². The zero-order valence-electron chi connectivity index (χ0n) is 16.1. The summed E-state index contributed by atoms with van der Waals surface area (Å²) in [5.41, 5.74) is -0.263. The number of aromatic nitrogens is 2. The van der Waals surface area contributed by atoms with Gasteiger partial charge in [0.2, 0.25) is 0 Å². The molecule has 10 heteroatoms. The van der Waals surface area contributed by atoms with E-state index in [4.69, 9.17) is 18.6 Å². The van der Waals surface area contributed by atoms with Crippen LogP contribution < -0.4 is 16.1 Å². The van der Waals surface area contributed by atoms with Crippen LogP contribution in [0.3, 0.4) is 0 Å². The van der Waals surface area contributed by atoms with E-state index in [1.54, 1.807) is 6.92 Å². The molecule has 2 aromatic rings. The highest BCUT2D eigenvalue weighted by atomic mass is 31.2. The Labute approximate surface area is 162 Å². The molecule has 0 bridgehead atoms. The van der Waals surface area contributed by atoms with E-state index in [-0.39, 0.29) is 12.6 Å². The Morgan fingerprint density at radius 3 is 2.39 bits per heavy atom. The first-order valence-electron chi connectivity index (χ1n) is 8.72. The lowest BCUT2D eigenvalue weighted by Gasteiger charge is -2.26. The molecule has 9 nitrogen and oxygen atoms in total. The monoisotopic (exact) mass is 412 g/mol. The molecule has 0 spiro atoms. The molecule has 154 valence electrons. The highest BCUT2D eigenvalue weighted by Crippen LogP contribution is 2.47. The standard InChI is InChI=1S/C18H25N2O7P/c1-14(26-13-15-7-5-4-6-8-15)16(10-12-28(23,24-2)25-3)27-20-11-9-17(21)19-18(20)22/h4-9,11,14,16H,10,12-13H2,1-3H3,(H,19,21,22)/t14-,16+/m0/s1. The molecule has 2 atom stereocenters. The number of nitrogens with one attached hydrogen (secondary N) is 1. The van der Waals surface area contributed by atoms with Crippen molar-refractivity contribution < 1.29 is 23.2 Å². The van der Waals surface area contributed by atoms with Crippen LogP contribution in [0.4, 0.5) is 0 Å². The van der Waals surface area contributed by atoms with Gasteiger partial charge in [-0.3, -0.25) is 14.3 Å². The highest BCUT2D eigenvalue weighted by Gasteiger charge is 2.28.